The van der Waals surface area contributed by atoms with Gasteiger partial charge in [0.05, 0.1) is 25.6 Å². The van der Waals surface area contributed by atoms with Crippen molar-refractivity contribution in [3.05, 3.63) is 102 Å². The quantitative estimate of drug-likeness (QED) is 0.179. The molecule has 0 bridgehead atoms. The van der Waals surface area contributed by atoms with E-state index >= 15 is 0 Å². The lowest BCUT2D eigenvalue weighted by Gasteiger charge is -2.19. The van der Waals surface area contributed by atoms with Crippen LogP contribution in [0.15, 0.2) is 89.9 Å². The number of amides is 2. The number of aliphatic imine (C=N–C) groups is 1. The number of aliphatic carboxylic acids is 1. The van der Waals surface area contributed by atoms with Gasteiger partial charge in [0.2, 0.25) is 5.91 Å². The van der Waals surface area contributed by atoms with Crippen molar-refractivity contribution in [1.82, 2.24) is 16.0 Å². The molecule has 0 aliphatic carbocycles. The number of nitrogens with one attached hydrogen (secondary N) is 4. The molecule has 4 aromatic carbocycles. The fraction of sp³-hybridized carbons (Fsp3) is 0.235. The zero-order chi connectivity index (χ0) is 30.3. The molecule has 0 spiro atoms. The fourth-order valence-electron chi connectivity index (χ4n) is 5.26. The highest BCUT2D eigenvalue weighted by Crippen LogP contribution is 2.34. The molecule has 1 atom stereocenters. The Kier molecular flexibility index (Phi) is 9.00. The number of hydrogen-bond acceptors (Lipinski definition) is 6. The second-order valence-corrected chi connectivity index (χ2v) is 10.8. The predicted molar refractivity (Wildman–Crippen MR) is 169 cm³/mol. The van der Waals surface area contributed by atoms with Crippen molar-refractivity contribution in [1.29, 1.82) is 0 Å². The van der Waals surface area contributed by atoms with Crippen LogP contribution in [-0.4, -0.2) is 48.5 Å². The van der Waals surface area contributed by atoms with Gasteiger partial charge in [-0.1, -0.05) is 80.6 Å². The van der Waals surface area contributed by atoms with E-state index in [-0.39, 0.29) is 13.0 Å². The maximum Gasteiger partial charge on any atom is 0.305 e. The minimum atomic E-state index is -1.04. The van der Waals surface area contributed by atoms with Crippen molar-refractivity contribution >= 4 is 40.2 Å². The van der Waals surface area contributed by atoms with Crippen molar-refractivity contribution in [3.8, 4) is 11.1 Å². The SMILES string of the molecule is CC(C)c1ccc(-c2ccc([C@H](CC(=O)O)NC(=O)CNC(=O)c3cccc(NC4=NCCN4)c3)cc2)c2ccccc12. The summed E-state index contributed by atoms with van der Waals surface area (Å²) in [4.78, 5) is 41.5. The number of carbonyl (C=O) groups excluding carboxylic acids is 2. The van der Waals surface area contributed by atoms with Crippen LogP contribution in [0.4, 0.5) is 5.69 Å². The normalized spacial score (nSPS) is 13.2. The van der Waals surface area contributed by atoms with Crippen molar-refractivity contribution in [2.24, 2.45) is 4.99 Å². The number of anilines is 1. The van der Waals surface area contributed by atoms with E-state index in [2.05, 4.69) is 64.4 Å². The summed E-state index contributed by atoms with van der Waals surface area (Å²) in [6.45, 7) is 5.51. The first-order valence-corrected chi connectivity index (χ1v) is 14.3. The molecule has 0 saturated carbocycles. The summed E-state index contributed by atoms with van der Waals surface area (Å²) in [7, 11) is 0. The molecule has 5 rings (SSSR count). The maximum absolute atomic E-state index is 12.8. The maximum atomic E-state index is 12.8. The second-order valence-electron chi connectivity index (χ2n) is 10.8. The van der Waals surface area contributed by atoms with Gasteiger partial charge in [-0.25, -0.2) is 0 Å². The second kappa shape index (κ2) is 13.2. The number of carbonyl (C=O) groups is 3. The lowest BCUT2D eigenvalue weighted by atomic mass is 9.90. The number of hydrogen-bond donors (Lipinski definition) is 5. The first-order chi connectivity index (χ1) is 20.8. The highest BCUT2D eigenvalue weighted by molar-refractivity contribution is 6.00. The van der Waals surface area contributed by atoms with Crippen molar-refractivity contribution in [2.75, 3.05) is 25.0 Å². The zero-order valence-electron chi connectivity index (χ0n) is 24.2. The van der Waals surface area contributed by atoms with Crippen molar-refractivity contribution in [2.45, 2.75) is 32.2 Å². The number of carboxylic acids is 1. The van der Waals surface area contributed by atoms with Crippen LogP contribution in [0.25, 0.3) is 21.9 Å². The highest BCUT2D eigenvalue weighted by Gasteiger charge is 2.20. The molecule has 220 valence electrons. The average Bonchev–Trinajstić information content (AvgIpc) is 3.52. The Hall–Kier alpha value is -5.18. The summed E-state index contributed by atoms with van der Waals surface area (Å²) in [6, 6.07) is 26.3. The fourth-order valence-corrected chi connectivity index (χ4v) is 5.26. The molecule has 43 heavy (non-hydrogen) atoms. The van der Waals surface area contributed by atoms with Gasteiger partial charge in [-0.3, -0.25) is 19.4 Å². The van der Waals surface area contributed by atoms with Gasteiger partial charge < -0.3 is 26.4 Å². The summed E-state index contributed by atoms with van der Waals surface area (Å²) >= 11 is 0. The molecule has 1 heterocycles. The summed E-state index contributed by atoms with van der Waals surface area (Å²) in [5.41, 5.74) is 5.10. The van der Waals surface area contributed by atoms with Gasteiger partial charge in [0.15, 0.2) is 5.96 Å². The first-order valence-electron chi connectivity index (χ1n) is 14.3. The smallest absolute Gasteiger partial charge is 0.305 e. The van der Waals surface area contributed by atoms with Gasteiger partial charge in [-0.05, 0) is 57.1 Å². The van der Waals surface area contributed by atoms with E-state index in [0.717, 1.165) is 23.1 Å². The summed E-state index contributed by atoms with van der Waals surface area (Å²) < 4.78 is 0. The van der Waals surface area contributed by atoms with E-state index in [1.54, 1.807) is 18.2 Å². The molecule has 9 nitrogen and oxygen atoms in total. The van der Waals surface area contributed by atoms with Gasteiger partial charge in [0.25, 0.3) is 5.91 Å². The predicted octanol–water partition coefficient (Wildman–Crippen LogP) is 5.06. The Morgan fingerprint density at radius 2 is 1.70 bits per heavy atom. The highest BCUT2D eigenvalue weighted by atomic mass is 16.4. The molecule has 9 heteroatoms. The molecule has 5 N–H and O–H groups in total. The van der Waals surface area contributed by atoms with Gasteiger partial charge in [-0.15, -0.1) is 0 Å². The Bertz CT molecular complexity index is 1680. The van der Waals surface area contributed by atoms with Crippen LogP contribution >= 0.6 is 0 Å². The van der Waals surface area contributed by atoms with Crippen LogP contribution in [0.5, 0.6) is 0 Å². The van der Waals surface area contributed by atoms with E-state index < -0.39 is 23.8 Å². The molecule has 4 aromatic rings. The largest absolute Gasteiger partial charge is 0.481 e. The van der Waals surface area contributed by atoms with E-state index in [1.165, 1.54) is 10.9 Å². The molecule has 0 aromatic heterocycles. The first kappa shape index (κ1) is 29.3. The molecule has 1 aliphatic heterocycles. The molecule has 0 radical (unpaired) electrons. The summed E-state index contributed by atoms with van der Waals surface area (Å²) in [5.74, 6) is -0.915. The summed E-state index contributed by atoms with van der Waals surface area (Å²) in [5, 5.41) is 23.5. The number of fused-ring (bicyclic) bond motifs is 1. The molecular weight excluding hydrogens is 542 g/mol. The number of carboxylic acid groups (broad SMARTS) is 1. The van der Waals surface area contributed by atoms with Crippen LogP contribution in [-0.2, 0) is 9.59 Å². The van der Waals surface area contributed by atoms with Gasteiger partial charge in [0.1, 0.15) is 0 Å². The standard InChI is InChI=1S/C34H35N5O4/c1-21(2)26-14-15-27(29-9-4-3-8-28(26)29)22-10-12-23(13-11-22)30(19-32(41)42)39-31(40)20-37-33(43)24-6-5-7-25(18-24)38-34-35-16-17-36-34/h3-15,18,21,30H,16-17,19-20H2,1-2H3,(H,37,43)(H,39,40)(H,41,42)(H2,35,36,38)/t30-/m0/s1. The molecule has 0 saturated heterocycles. The van der Waals surface area contributed by atoms with Crippen molar-refractivity contribution < 1.29 is 19.5 Å². The molecular formula is C34H35N5O4. The Morgan fingerprint density at radius 3 is 2.40 bits per heavy atom. The van der Waals surface area contributed by atoms with Gasteiger partial charge in [0, 0.05) is 17.8 Å². The minimum absolute atomic E-state index is 0.295. The van der Waals surface area contributed by atoms with Crippen LogP contribution in [0.3, 0.4) is 0 Å². The van der Waals surface area contributed by atoms with E-state index in [1.807, 2.05) is 42.5 Å². The zero-order valence-corrected chi connectivity index (χ0v) is 24.2. The minimum Gasteiger partial charge on any atom is -0.481 e. The molecule has 1 aliphatic rings. The number of nitrogens with zero attached hydrogens (tertiary/aromatic N) is 1. The number of rotatable bonds is 10. The van der Waals surface area contributed by atoms with E-state index in [0.29, 0.717) is 35.2 Å². The monoisotopic (exact) mass is 577 g/mol. The Labute approximate surface area is 250 Å². The Morgan fingerprint density at radius 1 is 0.930 bits per heavy atom. The lowest BCUT2D eigenvalue weighted by Crippen LogP contribution is -2.39. The topological polar surface area (TPSA) is 132 Å². The van der Waals surface area contributed by atoms with E-state index in [9.17, 15) is 19.5 Å². The average molecular weight is 578 g/mol. The van der Waals surface area contributed by atoms with Crippen LogP contribution in [0.2, 0.25) is 0 Å². The van der Waals surface area contributed by atoms with E-state index in [4.69, 9.17) is 0 Å². The Balaban J connectivity index is 1.25. The van der Waals surface area contributed by atoms with Gasteiger partial charge >= 0.3 is 5.97 Å². The lowest BCUT2D eigenvalue weighted by molar-refractivity contribution is -0.137. The number of guanidine groups is 1. The van der Waals surface area contributed by atoms with Crippen molar-refractivity contribution in [3.63, 3.8) is 0 Å². The van der Waals surface area contributed by atoms with Crippen LogP contribution < -0.4 is 21.3 Å². The molecule has 0 unspecified atom stereocenters. The molecule has 2 amide bonds. The van der Waals surface area contributed by atoms with Gasteiger partial charge in [-0.2, -0.15) is 0 Å². The summed E-state index contributed by atoms with van der Waals surface area (Å²) in [6.07, 6.45) is -0.295. The third-order valence-corrected chi connectivity index (χ3v) is 7.39. The van der Waals surface area contributed by atoms with Crippen LogP contribution in [0, 0.1) is 0 Å². The number of benzene rings is 4. The third-order valence-electron chi connectivity index (χ3n) is 7.39. The third kappa shape index (κ3) is 7.19. The molecule has 0 fully saturated rings. The van der Waals surface area contributed by atoms with Crippen LogP contribution in [0.1, 0.15) is 53.7 Å².